The van der Waals surface area contributed by atoms with E-state index in [0.29, 0.717) is 12.3 Å². The number of carbonyl (C=O) groups is 1. The van der Waals surface area contributed by atoms with Crippen molar-refractivity contribution in [2.45, 2.75) is 20.3 Å². The van der Waals surface area contributed by atoms with Gasteiger partial charge < -0.3 is 14.7 Å². The van der Waals surface area contributed by atoms with Gasteiger partial charge in [-0.1, -0.05) is 30.3 Å². The van der Waals surface area contributed by atoms with Gasteiger partial charge in [0.15, 0.2) is 5.76 Å². The predicted molar refractivity (Wildman–Crippen MR) is 100 cm³/mol. The molecule has 0 saturated carbocycles. The Labute approximate surface area is 145 Å². The van der Waals surface area contributed by atoms with Crippen LogP contribution in [0.5, 0.6) is 0 Å². The highest BCUT2D eigenvalue weighted by Gasteiger charge is 2.13. The van der Waals surface area contributed by atoms with E-state index in [1.807, 2.05) is 37.3 Å². The molecule has 4 heteroatoms. The number of furan rings is 1. The third kappa shape index (κ3) is 2.91. The quantitative estimate of drug-likeness (QED) is 0.578. The lowest BCUT2D eigenvalue weighted by Crippen LogP contribution is -2.25. The molecular formula is C21H20N2O2. The van der Waals surface area contributed by atoms with Crippen LogP contribution in [-0.2, 0) is 6.42 Å². The molecule has 0 bridgehead atoms. The Morgan fingerprint density at radius 3 is 2.84 bits per heavy atom. The second-order valence-electron chi connectivity index (χ2n) is 6.43. The minimum atomic E-state index is -0.175. The van der Waals surface area contributed by atoms with Crippen LogP contribution in [0.2, 0.25) is 0 Å². The monoisotopic (exact) mass is 332 g/mol. The molecule has 1 amide bonds. The molecule has 0 aliphatic heterocycles. The van der Waals surface area contributed by atoms with E-state index < -0.39 is 0 Å². The number of amides is 1. The van der Waals surface area contributed by atoms with Crippen LogP contribution in [0.3, 0.4) is 0 Å². The van der Waals surface area contributed by atoms with Gasteiger partial charge in [0.1, 0.15) is 5.58 Å². The molecule has 2 aromatic carbocycles. The summed E-state index contributed by atoms with van der Waals surface area (Å²) < 4.78 is 5.67. The summed E-state index contributed by atoms with van der Waals surface area (Å²) in [5.41, 5.74) is 5.39. The summed E-state index contributed by atoms with van der Waals surface area (Å²) in [7, 11) is 0. The van der Waals surface area contributed by atoms with Crippen molar-refractivity contribution in [3.05, 3.63) is 71.1 Å². The van der Waals surface area contributed by atoms with Gasteiger partial charge in [-0.05, 0) is 49.6 Å². The second-order valence-corrected chi connectivity index (χ2v) is 6.43. The van der Waals surface area contributed by atoms with Crippen molar-refractivity contribution in [2.75, 3.05) is 6.54 Å². The molecule has 0 saturated heterocycles. The van der Waals surface area contributed by atoms with Gasteiger partial charge in [0.25, 0.3) is 5.91 Å². The van der Waals surface area contributed by atoms with Gasteiger partial charge in [-0.2, -0.15) is 0 Å². The predicted octanol–water partition coefficient (Wildman–Crippen LogP) is 4.50. The van der Waals surface area contributed by atoms with Gasteiger partial charge in [-0.15, -0.1) is 0 Å². The lowest BCUT2D eigenvalue weighted by molar-refractivity contribution is 0.0928. The highest BCUT2D eigenvalue weighted by atomic mass is 16.3. The summed E-state index contributed by atoms with van der Waals surface area (Å²) in [5.74, 6) is 0.183. The number of hydrogen-bond acceptors (Lipinski definition) is 2. The van der Waals surface area contributed by atoms with Crippen LogP contribution < -0.4 is 5.32 Å². The van der Waals surface area contributed by atoms with Crippen LogP contribution >= 0.6 is 0 Å². The molecule has 0 radical (unpaired) electrons. The number of hydrogen-bond donors (Lipinski definition) is 2. The maximum atomic E-state index is 12.4. The van der Waals surface area contributed by atoms with Gasteiger partial charge in [0.05, 0.1) is 0 Å². The van der Waals surface area contributed by atoms with Gasteiger partial charge in [0.2, 0.25) is 0 Å². The lowest BCUT2D eigenvalue weighted by atomic mass is 10.1. The first-order valence-corrected chi connectivity index (χ1v) is 8.46. The average Bonchev–Trinajstić information content (AvgIpc) is 3.15. The molecule has 0 fully saturated rings. The fourth-order valence-electron chi connectivity index (χ4n) is 3.30. The Hall–Kier alpha value is -3.01. The molecule has 0 aliphatic carbocycles. The summed E-state index contributed by atoms with van der Waals surface area (Å²) in [6, 6.07) is 16.0. The average molecular weight is 332 g/mol. The number of para-hydroxylation sites is 1. The molecule has 0 unspecified atom stereocenters. The summed E-state index contributed by atoms with van der Waals surface area (Å²) >= 11 is 0. The van der Waals surface area contributed by atoms with Crippen LogP contribution in [0.4, 0.5) is 0 Å². The van der Waals surface area contributed by atoms with Gasteiger partial charge in [-0.25, -0.2) is 0 Å². The van der Waals surface area contributed by atoms with Crippen molar-refractivity contribution in [3.8, 4) is 0 Å². The van der Waals surface area contributed by atoms with E-state index in [2.05, 4.69) is 29.4 Å². The molecule has 126 valence electrons. The number of aromatic nitrogens is 1. The van der Waals surface area contributed by atoms with Crippen molar-refractivity contribution in [1.82, 2.24) is 10.3 Å². The number of aromatic amines is 1. The number of carbonyl (C=O) groups excluding carboxylic acids is 1. The summed E-state index contributed by atoms with van der Waals surface area (Å²) in [4.78, 5) is 15.8. The zero-order valence-corrected chi connectivity index (χ0v) is 14.3. The minimum Gasteiger partial charge on any atom is -0.451 e. The largest absolute Gasteiger partial charge is 0.451 e. The molecule has 25 heavy (non-hydrogen) atoms. The van der Waals surface area contributed by atoms with Crippen molar-refractivity contribution in [1.29, 1.82) is 0 Å². The van der Waals surface area contributed by atoms with E-state index in [0.717, 1.165) is 34.2 Å². The number of fused-ring (bicyclic) bond motifs is 2. The van der Waals surface area contributed by atoms with Crippen molar-refractivity contribution in [2.24, 2.45) is 0 Å². The van der Waals surface area contributed by atoms with E-state index in [4.69, 9.17) is 4.42 Å². The molecule has 2 heterocycles. The zero-order chi connectivity index (χ0) is 17.4. The molecule has 0 aliphatic rings. The first kappa shape index (κ1) is 15.5. The maximum Gasteiger partial charge on any atom is 0.287 e. The lowest BCUT2D eigenvalue weighted by Gasteiger charge is -2.04. The molecule has 4 rings (SSSR count). The van der Waals surface area contributed by atoms with E-state index in [9.17, 15) is 4.79 Å². The van der Waals surface area contributed by atoms with Gasteiger partial charge in [0, 0.05) is 28.5 Å². The molecular weight excluding hydrogens is 312 g/mol. The van der Waals surface area contributed by atoms with Crippen LogP contribution in [-0.4, -0.2) is 17.4 Å². The molecule has 2 N–H and O–H groups in total. The Balaban J connectivity index is 1.47. The third-order valence-corrected chi connectivity index (χ3v) is 4.59. The fourth-order valence-corrected chi connectivity index (χ4v) is 3.30. The summed E-state index contributed by atoms with van der Waals surface area (Å²) in [6.45, 7) is 4.64. The number of nitrogens with one attached hydrogen (secondary N) is 2. The second kappa shape index (κ2) is 6.13. The number of H-pyrrole nitrogens is 1. The van der Waals surface area contributed by atoms with Gasteiger partial charge >= 0.3 is 0 Å². The first-order valence-electron chi connectivity index (χ1n) is 8.46. The Morgan fingerprint density at radius 1 is 1.12 bits per heavy atom. The van der Waals surface area contributed by atoms with Crippen molar-refractivity contribution >= 4 is 27.8 Å². The smallest absolute Gasteiger partial charge is 0.287 e. The fraction of sp³-hybridized carbons (Fsp3) is 0.190. The van der Waals surface area contributed by atoms with Crippen LogP contribution in [0.1, 0.15) is 27.4 Å². The van der Waals surface area contributed by atoms with E-state index in [1.165, 1.54) is 10.9 Å². The van der Waals surface area contributed by atoms with Gasteiger partial charge in [-0.3, -0.25) is 4.79 Å². The molecule has 2 aromatic heterocycles. The SMILES string of the molecule is Cc1ccc2cc(C(=O)NCCc3c(C)[nH]c4ccccc34)oc2c1. The molecule has 4 aromatic rings. The van der Waals surface area contributed by atoms with Crippen LogP contribution in [0, 0.1) is 13.8 Å². The Bertz CT molecular complexity index is 1070. The van der Waals surface area contributed by atoms with E-state index in [-0.39, 0.29) is 5.91 Å². The van der Waals surface area contributed by atoms with Crippen molar-refractivity contribution in [3.63, 3.8) is 0 Å². The highest BCUT2D eigenvalue weighted by Crippen LogP contribution is 2.22. The molecule has 0 atom stereocenters. The number of rotatable bonds is 4. The highest BCUT2D eigenvalue weighted by molar-refractivity contribution is 5.96. The summed E-state index contributed by atoms with van der Waals surface area (Å²) in [5, 5.41) is 5.12. The maximum absolute atomic E-state index is 12.4. The minimum absolute atomic E-state index is 0.175. The molecule has 0 spiro atoms. The number of benzene rings is 2. The third-order valence-electron chi connectivity index (χ3n) is 4.59. The number of aryl methyl sites for hydroxylation is 2. The van der Waals surface area contributed by atoms with E-state index >= 15 is 0 Å². The zero-order valence-electron chi connectivity index (χ0n) is 14.3. The topological polar surface area (TPSA) is 58.0 Å². The Morgan fingerprint density at radius 2 is 1.96 bits per heavy atom. The van der Waals surface area contributed by atoms with Crippen LogP contribution in [0.15, 0.2) is 52.9 Å². The normalized spacial score (nSPS) is 11.3. The van der Waals surface area contributed by atoms with Crippen LogP contribution in [0.25, 0.3) is 21.9 Å². The molecule has 4 nitrogen and oxygen atoms in total. The van der Waals surface area contributed by atoms with E-state index in [1.54, 1.807) is 6.07 Å². The Kier molecular flexibility index (Phi) is 3.80. The van der Waals surface area contributed by atoms with Crippen molar-refractivity contribution < 1.29 is 9.21 Å². The summed E-state index contributed by atoms with van der Waals surface area (Å²) in [6.07, 6.45) is 0.779. The standard InChI is InChI=1S/C21H20N2O2/c1-13-7-8-15-12-20(25-19(15)11-13)21(24)22-10-9-16-14(2)23-18-6-4-3-5-17(16)18/h3-8,11-12,23H,9-10H2,1-2H3,(H,22,24). The first-order chi connectivity index (χ1) is 12.1.